The van der Waals surface area contributed by atoms with Crippen molar-refractivity contribution in [1.82, 2.24) is 15.5 Å². The Morgan fingerprint density at radius 2 is 1.87 bits per heavy atom. The summed E-state index contributed by atoms with van der Waals surface area (Å²) in [5.74, 6) is 1.07. The quantitative estimate of drug-likeness (QED) is 0.467. The maximum Gasteiger partial charge on any atom is 0.410 e. The third-order valence-electron chi connectivity index (χ3n) is 5.06. The number of hydrogen-bond donors (Lipinski definition) is 3. The zero-order valence-electron chi connectivity index (χ0n) is 19.1. The van der Waals surface area contributed by atoms with Crippen LogP contribution >= 0.6 is 0 Å². The average Bonchev–Trinajstić information content (AvgIpc) is 3.08. The summed E-state index contributed by atoms with van der Waals surface area (Å²) >= 11 is 0. The summed E-state index contributed by atoms with van der Waals surface area (Å²) in [6.45, 7) is 10.2. The van der Waals surface area contributed by atoms with E-state index >= 15 is 0 Å². The molecule has 7 nitrogen and oxygen atoms in total. The second kappa shape index (κ2) is 11.2. The molecule has 168 valence electrons. The molecule has 2 unspecified atom stereocenters. The minimum atomic E-state index is -0.499. The lowest BCUT2D eigenvalue weighted by Crippen LogP contribution is -2.41. The highest BCUT2D eigenvalue weighted by Gasteiger charge is 2.25. The van der Waals surface area contributed by atoms with Crippen LogP contribution < -0.4 is 10.6 Å². The van der Waals surface area contributed by atoms with E-state index < -0.39 is 5.60 Å². The molecule has 7 heteroatoms. The number of guanidine groups is 1. The average molecular weight is 419 g/mol. The van der Waals surface area contributed by atoms with Gasteiger partial charge in [-0.2, -0.15) is 0 Å². The van der Waals surface area contributed by atoms with Crippen LogP contribution in [0.1, 0.15) is 58.1 Å². The number of aliphatic hydroxyl groups excluding tert-OH is 1. The number of amides is 1. The van der Waals surface area contributed by atoms with Crippen molar-refractivity contribution in [1.29, 1.82) is 0 Å². The molecule has 1 aliphatic carbocycles. The van der Waals surface area contributed by atoms with Crippen LogP contribution in [0.3, 0.4) is 0 Å². The van der Waals surface area contributed by atoms with Gasteiger partial charge in [0.05, 0.1) is 12.6 Å². The van der Waals surface area contributed by atoms with E-state index in [-0.39, 0.29) is 12.2 Å². The molecule has 0 aromatic heterocycles. The van der Waals surface area contributed by atoms with Gasteiger partial charge < -0.3 is 25.4 Å². The van der Waals surface area contributed by atoms with Gasteiger partial charge in [0.2, 0.25) is 0 Å². The van der Waals surface area contributed by atoms with Crippen LogP contribution in [-0.4, -0.2) is 53.9 Å². The lowest BCUT2D eigenvalue weighted by Gasteiger charge is -2.24. The molecule has 1 saturated carbocycles. The third kappa shape index (κ3) is 8.22. The van der Waals surface area contributed by atoms with Gasteiger partial charge in [0.1, 0.15) is 5.60 Å². The molecular formula is C23H38N4O3. The van der Waals surface area contributed by atoms with Gasteiger partial charge in [0.15, 0.2) is 5.96 Å². The zero-order valence-corrected chi connectivity index (χ0v) is 19.1. The molecule has 3 N–H and O–H groups in total. The second-order valence-corrected chi connectivity index (χ2v) is 8.99. The second-order valence-electron chi connectivity index (χ2n) is 8.99. The van der Waals surface area contributed by atoms with Gasteiger partial charge in [-0.15, -0.1) is 0 Å². The van der Waals surface area contributed by atoms with E-state index in [1.165, 1.54) is 0 Å². The van der Waals surface area contributed by atoms with Crippen LogP contribution in [0.25, 0.3) is 0 Å². The molecule has 1 aromatic carbocycles. The van der Waals surface area contributed by atoms with E-state index in [1.807, 2.05) is 52.0 Å². The first kappa shape index (κ1) is 24.0. The summed E-state index contributed by atoms with van der Waals surface area (Å²) in [6, 6.07) is 8.10. The van der Waals surface area contributed by atoms with Gasteiger partial charge in [-0.3, -0.25) is 0 Å². The summed E-state index contributed by atoms with van der Waals surface area (Å²) in [5.41, 5.74) is 1.63. The zero-order chi connectivity index (χ0) is 22.1. The lowest BCUT2D eigenvalue weighted by molar-refractivity contribution is 0.0285. The number of carbonyl (C=O) groups is 1. The number of rotatable bonds is 7. The molecule has 30 heavy (non-hydrogen) atoms. The Labute approximate surface area is 180 Å². The fraction of sp³-hybridized carbons (Fsp3) is 0.652. The number of nitrogens with one attached hydrogen (secondary N) is 2. The number of hydrogen-bond acceptors (Lipinski definition) is 4. The summed E-state index contributed by atoms with van der Waals surface area (Å²) in [5, 5.41) is 16.6. The Morgan fingerprint density at radius 3 is 2.43 bits per heavy atom. The first-order valence-corrected chi connectivity index (χ1v) is 10.9. The molecule has 1 amide bonds. The first-order chi connectivity index (χ1) is 14.2. The van der Waals surface area contributed by atoms with Crippen molar-refractivity contribution < 1.29 is 14.6 Å². The molecule has 0 aliphatic heterocycles. The molecular weight excluding hydrogens is 380 g/mol. The molecule has 0 heterocycles. The molecule has 0 bridgehead atoms. The van der Waals surface area contributed by atoms with Crippen molar-refractivity contribution >= 4 is 12.1 Å². The summed E-state index contributed by atoms with van der Waals surface area (Å²) in [4.78, 5) is 18.3. The Balaban J connectivity index is 1.87. The topological polar surface area (TPSA) is 86.2 Å². The van der Waals surface area contributed by atoms with Gasteiger partial charge in [-0.1, -0.05) is 30.7 Å². The number of aliphatic hydroxyl groups is 1. The van der Waals surface area contributed by atoms with Crippen molar-refractivity contribution in [2.75, 3.05) is 20.1 Å². The summed E-state index contributed by atoms with van der Waals surface area (Å²) in [6.07, 6.45) is 2.52. The molecule has 1 fully saturated rings. The minimum Gasteiger partial charge on any atom is -0.444 e. The number of aliphatic imine (C=N–C) groups is 1. The van der Waals surface area contributed by atoms with Crippen LogP contribution in [0.5, 0.6) is 0 Å². The largest absolute Gasteiger partial charge is 0.444 e. The number of nitrogens with zero attached hydrogens (tertiary/aromatic N) is 2. The Bertz CT molecular complexity index is 697. The normalized spacial score (nSPS) is 19.5. The van der Waals surface area contributed by atoms with Crippen molar-refractivity contribution in [3.05, 3.63) is 35.4 Å². The Morgan fingerprint density at radius 1 is 1.20 bits per heavy atom. The van der Waals surface area contributed by atoms with Crippen molar-refractivity contribution in [3.63, 3.8) is 0 Å². The van der Waals surface area contributed by atoms with Crippen molar-refractivity contribution in [3.8, 4) is 0 Å². The summed E-state index contributed by atoms with van der Waals surface area (Å²) in [7, 11) is 1.74. The molecule has 0 saturated heterocycles. The SMILES string of the molecule is CCNC(=NCc1ccc(CN(C)C(=O)OC(C)(C)C)cc1)NCC1CCCC1O. The van der Waals surface area contributed by atoms with E-state index in [9.17, 15) is 9.90 Å². The van der Waals surface area contributed by atoms with Crippen LogP contribution in [0.4, 0.5) is 4.79 Å². The molecule has 2 rings (SSSR count). The standard InChI is InChI=1S/C23H38N4O3/c1-6-24-21(26-15-19-8-7-9-20(19)28)25-14-17-10-12-18(13-11-17)16-27(5)22(29)30-23(2,3)4/h10-13,19-20,28H,6-9,14-16H2,1-5H3,(H2,24,25,26). The van der Waals surface area contributed by atoms with Gasteiger partial charge in [0.25, 0.3) is 0 Å². The van der Waals surface area contributed by atoms with E-state index in [1.54, 1.807) is 11.9 Å². The molecule has 1 aliphatic rings. The predicted molar refractivity (Wildman–Crippen MR) is 120 cm³/mol. The van der Waals surface area contributed by atoms with Gasteiger partial charge in [0, 0.05) is 32.6 Å². The lowest BCUT2D eigenvalue weighted by atomic mass is 10.1. The van der Waals surface area contributed by atoms with Crippen molar-refractivity contribution in [2.24, 2.45) is 10.9 Å². The summed E-state index contributed by atoms with van der Waals surface area (Å²) < 4.78 is 5.39. The first-order valence-electron chi connectivity index (χ1n) is 10.9. The van der Waals surface area contributed by atoms with E-state index in [2.05, 4.69) is 15.6 Å². The number of carbonyl (C=O) groups excluding carboxylic acids is 1. The molecule has 0 radical (unpaired) electrons. The fourth-order valence-corrected chi connectivity index (χ4v) is 3.42. The van der Waals surface area contributed by atoms with Gasteiger partial charge in [-0.25, -0.2) is 9.79 Å². The maximum absolute atomic E-state index is 12.1. The smallest absolute Gasteiger partial charge is 0.410 e. The predicted octanol–water partition coefficient (Wildman–Crippen LogP) is 3.27. The molecule has 2 atom stereocenters. The third-order valence-corrected chi connectivity index (χ3v) is 5.06. The minimum absolute atomic E-state index is 0.202. The van der Waals surface area contributed by atoms with E-state index in [4.69, 9.17) is 4.74 Å². The van der Waals surface area contributed by atoms with E-state index in [0.717, 1.165) is 49.4 Å². The fourth-order valence-electron chi connectivity index (χ4n) is 3.42. The van der Waals surface area contributed by atoms with Gasteiger partial charge >= 0.3 is 6.09 Å². The Hall–Kier alpha value is -2.28. The maximum atomic E-state index is 12.1. The highest BCUT2D eigenvalue weighted by atomic mass is 16.6. The molecule has 0 spiro atoms. The monoisotopic (exact) mass is 418 g/mol. The highest BCUT2D eigenvalue weighted by molar-refractivity contribution is 5.79. The van der Waals surface area contributed by atoms with Crippen LogP contribution in [0.2, 0.25) is 0 Å². The van der Waals surface area contributed by atoms with E-state index in [0.29, 0.717) is 19.0 Å². The van der Waals surface area contributed by atoms with Gasteiger partial charge in [-0.05, 0) is 51.7 Å². The Kier molecular flexibility index (Phi) is 8.96. The van der Waals surface area contributed by atoms with Crippen LogP contribution in [-0.2, 0) is 17.8 Å². The highest BCUT2D eigenvalue weighted by Crippen LogP contribution is 2.24. The van der Waals surface area contributed by atoms with Crippen LogP contribution in [0, 0.1) is 5.92 Å². The van der Waals surface area contributed by atoms with Crippen LogP contribution in [0.15, 0.2) is 29.3 Å². The number of benzene rings is 1. The number of ether oxygens (including phenoxy) is 1. The van der Waals surface area contributed by atoms with Crippen molar-refractivity contribution in [2.45, 2.75) is 71.8 Å². The molecule has 1 aromatic rings.